The summed E-state index contributed by atoms with van der Waals surface area (Å²) < 4.78 is 38.5. The largest absolute Gasteiger partial charge is 0.401 e. The van der Waals surface area contributed by atoms with Gasteiger partial charge in [0.1, 0.15) is 6.33 Å². The molecule has 26 heavy (non-hydrogen) atoms. The molecule has 1 amide bonds. The summed E-state index contributed by atoms with van der Waals surface area (Å²) in [6.45, 7) is 0.921. The van der Waals surface area contributed by atoms with Crippen molar-refractivity contribution in [2.45, 2.75) is 38.5 Å². The Morgan fingerprint density at radius 1 is 1.35 bits per heavy atom. The first-order chi connectivity index (χ1) is 12.3. The molecule has 4 N–H and O–H groups in total. The van der Waals surface area contributed by atoms with Crippen LogP contribution >= 0.6 is 0 Å². The van der Waals surface area contributed by atoms with E-state index in [2.05, 4.69) is 15.6 Å². The number of aromatic nitrogens is 2. The van der Waals surface area contributed by atoms with Gasteiger partial charge in [0.05, 0.1) is 24.5 Å². The monoisotopic (exact) mass is 369 g/mol. The number of nitrogens with one attached hydrogen (secondary N) is 2. The Hall–Kier alpha value is -2.39. The number of amides is 1. The van der Waals surface area contributed by atoms with Crippen LogP contribution in [0.1, 0.15) is 25.3 Å². The Balaban J connectivity index is 2.07. The maximum absolute atomic E-state index is 12.3. The van der Waals surface area contributed by atoms with Crippen LogP contribution in [0.2, 0.25) is 0 Å². The van der Waals surface area contributed by atoms with E-state index in [4.69, 9.17) is 5.73 Å². The second-order valence-electron chi connectivity index (χ2n) is 5.90. The number of anilines is 1. The summed E-state index contributed by atoms with van der Waals surface area (Å²) in [5, 5.41) is 5.01. The molecule has 1 heterocycles. The number of carbonyl (C=O) groups excluding carboxylic acids is 1. The molecule has 6 nitrogen and oxygen atoms in total. The summed E-state index contributed by atoms with van der Waals surface area (Å²) >= 11 is 0. The van der Waals surface area contributed by atoms with Crippen molar-refractivity contribution in [2.75, 3.05) is 11.9 Å². The average Bonchev–Trinajstić information content (AvgIpc) is 3.02. The highest BCUT2D eigenvalue weighted by Gasteiger charge is 2.26. The van der Waals surface area contributed by atoms with Gasteiger partial charge in [0.25, 0.3) is 0 Å². The Bertz CT molecular complexity index is 729. The Labute approximate surface area is 149 Å². The number of rotatable bonds is 8. The van der Waals surface area contributed by atoms with Gasteiger partial charge in [0, 0.05) is 6.54 Å². The van der Waals surface area contributed by atoms with Gasteiger partial charge in [-0.15, -0.1) is 0 Å². The van der Waals surface area contributed by atoms with Crippen LogP contribution in [0.4, 0.5) is 19.0 Å². The van der Waals surface area contributed by atoms with Crippen LogP contribution in [0.3, 0.4) is 0 Å². The number of para-hydroxylation sites is 1. The number of alkyl halides is 3. The maximum Gasteiger partial charge on any atom is 0.401 e. The molecule has 0 fully saturated rings. The quantitative estimate of drug-likeness (QED) is 0.668. The maximum atomic E-state index is 12.3. The topological polar surface area (TPSA) is 85.0 Å². The second-order valence-corrected chi connectivity index (χ2v) is 5.90. The number of nitrogens with two attached hydrogens (primary N) is 1. The molecule has 0 aliphatic heterocycles. The predicted molar refractivity (Wildman–Crippen MR) is 92.8 cm³/mol. The van der Waals surface area contributed by atoms with Gasteiger partial charge in [-0.05, 0) is 18.1 Å². The van der Waals surface area contributed by atoms with Crippen LogP contribution < -0.4 is 16.4 Å². The number of hydrogen-bond acceptors (Lipinski definition) is 4. The lowest BCUT2D eigenvalue weighted by Crippen LogP contribution is -2.35. The number of imidazole rings is 1. The molecule has 0 radical (unpaired) electrons. The van der Waals surface area contributed by atoms with Crippen molar-refractivity contribution in [1.29, 1.82) is 0 Å². The molecule has 0 spiro atoms. The summed E-state index contributed by atoms with van der Waals surface area (Å²) in [5.74, 6) is 0.0110. The van der Waals surface area contributed by atoms with E-state index in [0.717, 1.165) is 6.42 Å². The lowest BCUT2D eigenvalue weighted by Gasteiger charge is -2.12. The first-order valence-electron chi connectivity index (χ1n) is 8.26. The van der Waals surface area contributed by atoms with E-state index in [1.54, 1.807) is 35.0 Å². The zero-order valence-corrected chi connectivity index (χ0v) is 14.4. The van der Waals surface area contributed by atoms with Crippen LogP contribution in [0.25, 0.3) is 5.69 Å². The first kappa shape index (κ1) is 19.9. The van der Waals surface area contributed by atoms with Gasteiger partial charge >= 0.3 is 6.18 Å². The Morgan fingerprint density at radius 3 is 2.77 bits per heavy atom. The van der Waals surface area contributed by atoms with E-state index in [-0.39, 0.29) is 12.5 Å². The summed E-state index contributed by atoms with van der Waals surface area (Å²) in [6.07, 6.45) is 0.183. The lowest BCUT2D eigenvalue weighted by atomic mass is 10.1. The van der Waals surface area contributed by atoms with Crippen molar-refractivity contribution < 1.29 is 18.0 Å². The van der Waals surface area contributed by atoms with Gasteiger partial charge in [0.2, 0.25) is 5.91 Å². The van der Waals surface area contributed by atoms with E-state index in [9.17, 15) is 18.0 Å². The van der Waals surface area contributed by atoms with Crippen LogP contribution in [0.15, 0.2) is 36.8 Å². The molecule has 1 aromatic heterocycles. The van der Waals surface area contributed by atoms with Gasteiger partial charge in [-0.1, -0.05) is 31.5 Å². The van der Waals surface area contributed by atoms with E-state index in [1.807, 2.05) is 6.92 Å². The van der Waals surface area contributed by atoms with Crippen molar-refractivity contribution in [1.82, 2.24) is 14.9 Å². The third kappa shape index (κ3) is 5.85. The number of benzene rings is 1. The SMILES string of the molecule is CCC[C@H](N)C(=O)Nc1cn(-c2ccccc2CNCC(F)(F)F)cn1. The highest BCUT2D eigenvalue weighted by Crippen LogP contribution is 2.18. The van der Waals surface area contributed by atoms with E-state index in [1.165, 1.54) is 6.33 Å². The van der Waals surface area contributed by atoms with Crippen molar-refractivity contribution in [2.24, 2.45) is 5.73 Å². The van der Waals surface area contributed by atoms with E-state index >= 15 is 0 Å². The Morgan fingerprint density at radius 2 is 2.08 bits per heavy atom. The van der Waals surface area contributed by atoms with Crippen LogP contribution in [0.5, 0.6) is 0 Å². The summed E-state index contributed by atoms with van der Waals surface area (Å²) in [5.41, 5.74) is 7.11. The van der Waals surface area contributed by atoms with Gasteiger partial charge in [0.15, 0.2) is 5.82 Å². The molecule has 9 heteroatoms. The lowest BCUT2D eigenvalue weighted by molar-refractivity contribution is -0.125. The molecule has 2 rings (SSSR count). The summed E-state index contributed by atoms with van der Waals surface area (Å²) in [6, 6.07) is 6.41. The average molecular weight is 369 g/mol. The number of nitrogens with zero attached hydrogens (tertiary/aromatic N) is 2. The minimum atomic E-state index is -4.27. The molecule has 142 valence electrons. The molecule has 0 aliphatic carbocycles. The molecule has 2 aromatic rings. The van der Waals surface area contributed by atoms with E-state index in [0.29, 0.717) is 23.5 Å². The number of hydrogen-bond donors (Lipinski definition) is 3. The molecule has 0 aliphatic rings. The zero-order chi connectivity index (χ0) is 19.2. The molecular formula is C17H22F3N5O. The molecule has 0 unspecified atom stereocenters. The molecule has 1 aromatic carbocycles. The highest BCUT2D eigenvalue weighted by molar-refractivity contribution is 5.93. The fourth-order valence-electron chi connectivity index (χ4n) is 2.43. The fraction of sp³-hybridized carbons (Fsp3) is 0.412. The fourth-order valence-corrected chi connectivity index (χ4v) is 2.43. The van der Waals surface area contributed by atoms with Crippen LogP contribution in [-0.4, -0.2) is 34.2 Å². The first-order valence-corrected chi connectivity index (χ1v) is 8.26. The Kier molecular flexibility index (Phi) is 6.76. The molecular weight excluding hydrogens is 347 g/mol. The predicted octanol–water partition coefficient (Wildman–Crippen LogP) is 2.59. The summed E-state index contributed by atoms with van der Waals surface area (Å²) in [7, 11) is 0. The molecule has 0 saturated heterocycles. The van der Waals surface area contributed by atoms with Crippen molar-refractivity contribution in [3.63, 3.8) is 0 Å². The summed E-state index contributed by atoms with van der Waals surface area (Å²) in [4.78, 5) is 16.1. The van der Waals surface area contributed by atoms with Gasteiger partial charge < -0.3 is 20.9 Å². The van der Waals surface area contributed by atoms with Gasteiger partial charge in [-0.25, -0.2) is 4.98 Å². The standard InChI is InChI=1S/C17H22F3N5O/c1-2-5-13(21)16(26)24-15-9-25(11-23-15)14-7-4-3-6-12(14)8-22-10-17(18,19)20/h3-4,6-7,9,11,13,22H,2,5,8,10,21H2,1H3,(H,24,26)/t13-/m0/s1. The van der Waals surface area contributed by atoms with Crippen molar-refractivity contribution >= 4 is 11.7 Å². The van der Waals surface area contributed by atoms with Crippen molar-refractivity contribution in [3.8, 4) is 5.69 Å². The normalized spacial score (nSPS) is 12.8. The zero-order valence-electron chi connectivity index (χ0n) is 14.4. The second kappa shape index (κ2) is 8.81. The molecule has 1 atom stereocenters. The van der Waals surface area contributed by atoms with Crippen LogP contribution in [0, 0.1) is 0 Å². The molecule has 0 bridgehead atoms. The minimum Gasteiger partial charge on any atom is -0.320 e. The number of halogens is 3. The van der Waals surface area contributed by atoms with Crippen molar-refractivity contribution in [3.05, 3.63) is 42.4 Å². The number of carbonyl (C=O) groups is 1. The third-order valence-corrected chi connectivity index (χ3v) is 3.68. The molecule has 0 saturated carbocycles. The van der Waals surface area contributed by atoms with Gasteiger partial charge in [-0.2, -0.15) is 13.2 Å². The van der Waals surface area contributed by atoms with E-state index < -0.39 is 18.8 Å². The third-order valence-electron chi connectivity index (χ3n) is 3.68. The smallest absolute Gasteiger partial charge is 0.320 e. The minimum absolute atomic E-state index is 0.0525. The van der Waals surface area contributed by atoms with Gasteiger partial charge in [-0.3, -0.25) is 4.79 Å². The highest BCUT2D eigenvalue weighted by atomic mass is 19.4. The van der Waals surface area contributed by atoms with Crippen LogP contribution in [-0.2, 0) is 11.3 Å².